The summed E-state index contributed by atoms with van der Waals surface area (Å²) < 4.78 is 4.92. The summed E-state index contributed by atoms with van der Waals surface area (Å²) >= 11 is 1.66. The largest absolute Gasteiger partial charge is 0.468 e. The van der Waals surface area contributed by atoms with Crippen LogP contribution in [-0.4, -0.2) is 35.4 Å². The molecule has 19 heavy (non-hydrogen) atoms. The van der Waals surface area contributed by atoms with Crippen LogP contribution in [-0.2, 0) is 9.53 Å². The highest BCUT2D eigenvalue weighted by Crippen LogP contribution is 2.27. The van der Waals surface area contributed by atoms with Gasteiger partial charge in [-0.15, -0.1) is 11.8 Å². The quantitative estimate of drug-likeness (QED) is 0.613. The molecule has 5 heteroatoms. The number of nitrogens with zero attached hydrogens (tertiary/aromatic N) is 1. The van der Waals surface area contributed by atoms with E-state index in [2.05, 4.69) is 10.3 Å². The fourth-order valence-electron chi connectivity index (χ4n) is 1.93. The maximum Gasteiger partial charge on any atom is 0.325 e. The van der Waals surface area contributed by atoms with Gasteiger partial charge in [0.15, 0.2) is 0 Å². The molecule has 1 N–H and O–H groups in total. The van der Waals surface area contributed by atoms with Gasteiger partial charge in [-0.25, -0.2) is 4.98 Å². The zero-order valence-electron chi connectivity index (χ0n) is 11.4. The molecule has 104 valence electrons. The summed E-state index contributed by atoms with van der Waals surface area (Å²) in [5.41, 5.74) is -0.586. The highest BCUT2D eigenvalue weighted by molar-refractivity contribution is 7.99. The molecule has 0 aromatic carbocycles. The number of carbonyl (C=O) groups is 1. The number of esters is 1. The first-order valence-corrected chi connectivity index (χ1v) is 7.52. The van der Waals surface area contributed by atoms with E-state index in [1.54, 1.807) is 18.0 Å². The van der Waals surface area contributed by atoms with Gasteiger partial charge in [0.05, 0.1) is 12.1 Å². The Kier molecular flexibility index (Phi) is 4.82. The molecule has 1 unspecified atom stereocenters. The number of ether oxygens (including phenoxy) is 1. The van der Waals surface area contributed by atoms with E-state index in [4.69, 9.17) is 4.74 Å². The van der Waals surface area contributed by atoms with Crippen molar-refractivity contribution in [3.8, 4) is 0 Å². The minimum atomic E-state index is -0.586. The summed E-state index contributed by atoms with van der Waals surface area (Å²) in [4.78, 5) is 16.2. The van der Waals surface area contributed by atoms with E-state index in [0.29, 0.717) is 6.04 Å². The Morgan fingerprint density at radius 1 is 1.58 bits per heavy atom. The molecule has 0 bridgehead atoms. The van der Waals surface area contributed by atoms with Crippen LogP contribution in [0.15, 0.2) is 29.4 Å². The minimum absolute atomic E-state index is 0.180. The maximum atomic E-state index is 11.9. The van der Waals surface area contributed by atoms with Crippen molar-refractivity contribution < 1.29 is 9.53 Å². The fraction of sp³-hybridized carbons (Fsp3) is 0.571. The van der Waals surface area contributed by atoms with Crippen LogP contribution in [0.1, 0.15) is 26.2 Å². The lowest BCUT2D eigenvalue weighted by Crippen LogP contribution is -2.51. The summed E-state index contributed by atoms with van der Waals surface area (Å²) in [6.07, 6.45) is 4.82. The monoisotopic (exact) mass is 280 g/mol. The van der Waals surface area contributed by atoms with Crippen LogP contribution in [0.4, 0.5) is 0 Å². The average Bonchev–Trinajstić information content (AvgIpc) is 3.22. The lowest BCUT2D eigenvalue weighted by molar-refractivity contribution is -0.148. The second-order valence-corrected chi connectivity index (χ2v) is 6.12. The number of thioether (sulfide) groups is 1. The van der Waals surface area contributed by atoms with Crippen LogP contribution >= 0.6 is 11.8 Å². The van der Waals surface area contributed by atoms with Crippen molar-refractivity contribution in [3.05, 3.63) is 24.4 Å². The molecule has 1 heterocycles. The summed E-state index contributed by atoms with van der Waals surface area (Å²) in [6.45, 7) is 1.93. The van der Waals surface area contributed by atoms with E-state index in [1.807, 2.05) is 25.1 Å². The first-order valence-electron chi connectivity index (χ1n) is 6.54. The van der Waals surface area contributed by atoms with Gasteiger partial charge in [-0.05, 0) is 38.3 Å². The molecule has 1 aromatic heterocycles. The zero-order valence-corrected chi connectivity index (χ0v) is 12.2. The van der Waals surface area contributed by atoms with Crippen molar-refractivity contribution in [2.75, 3.05) is 12.9 Å². The Labute approximate surface area is 118 Å². The predicted molar refractivity (Wildman–Crippen MR) is 76.2 cm³/mol. The van der Waals surface area contributed by atoms with Crippen molar-refractivity contribution in [2.45, 2.75) is 42.8 Å². The molecule has 0 radical (unpaired) electrons. The Morgan fingerprint density at radius 3 is 2.95 bits per heavy atom. The van der Waals surface area contributed by atoms with Gasteiger partial charge >= 0.3 is 5.97 Å². The summed E-state index contributed by atoms with van der Waals surface area (Å²) in [6, 6.07) is 6.33. The van der Waals surface area contributed by atoms with Crippen molar-refractivity contribution in [3.63, 3.8) is 0 Å². The number of hydrogen-bond acceptors (Lipinski definition) is 5. The van der Waals surface area contributed by atoms with Crippen molar-refractivity contribution in [1.82, 2.24) is 10.3 Å². The van der Waals surface area contributed by atoms with E-state index in [9.17, 15) is 4.79 Å². The average molecular weight is 280 g/mol. The third-order valence-electron chi connectivity index (χ3n) is 3.23. The number of carbonyl (C=O) groups excluding carboxylic acids is 1. The Bertz CT molecular complexity index is 423. The maximum absolute atomic E-state index is 11.9. The number of pyridine rings is 1. The molecular formula is C14H20N2O2S. The topological polar surface area (TPSA) is 51.2 Å². The highest BCUT2D eigenvalue weighted by Gasteiger charge is 2.38. The Morgan fingerprint density at radius 2 is 2.37 bits per heavy atom. The normalized spacial score (nSPS) is 17.8. The lowest BCUT2D eigenvalue weighted by Gasteiger charge is -2.28. The standard InChI is InChI=1S/C14H20N2O2S/c1-14(13(17)18-2,16-11-6-7-11)8-10-19-12-5-3-4-9-15-12/h3-5,9,11,16H,6-8,10H2,1-2H3. The number of rotatable bonds is 7. The zero-order chi connectivity index (χ0) is 13.7. The second-order valence-electron chi connectivity index (χ2n) is 5.01. The molecule has 4 nitrogen and oxygen atoms in total. The van der Waals surface area contributed by atoms with Crippen LogP contribution in [0, 0.1) is 0 Å². The van der Waals surface area contributed by atoms with Gasteiger partial charge in [0.1, 0.15) is 5.54 Å². The van der Waals surface area contributed by atoms with Crippen molar-refractivity contribution in [2.24, 2.45) is 0 Å². The molecule has 0 aliphatic heterocycles. The molecular weight excluding hydrogens is 260 g/mol. The molecule has 0 saturated heterocycles. The van der Waals surface area contributed by atoms with Gasteiger partial charge in [0.2, 0.25) is 0 Å². The predicted octanol–water partition coefficient (Wildman–Crippen LogP) is 2.25. The lowest BCUT2D eigenvalue weighted by atomic mass is 9.99. The van der Waals surface area contributed by atoms with Crippen molar-refractivity contribution in [1.29, 1.82) is 0 Å². The van der Waals surface area contributed by atoms with E-state index in [0.717, 1.165) is 30.0 Å². The molecule has 1 aliphatic rings. The van der Waals surface area contributed by atoms with Crippen LogP contribution in [0.2, 0.25) is 0 Å². The smallest absolute Gasteiger partial charge is 0.325 e. The molecule has 1 saturated carbocycles. The number of methoxy groups -OCH3 is 1. The van der Waals surface area contributed by atoms with Gasteiger partial charge in [0.25, 0.3) is 0 Å². The Hall–Kier alpha value is -1.07. The SMILES string of the molecule is COC(=O)C(C)(CCSc1ccccn1)NC1CC1. The minimum Gasteiger partial charge on any atom is -0.468 e. The third-order valence-corrected chi connectivity index (χ3v) is 4.17. The van der Waals surface area contributed by atoms with Gasteiger partial charge in [-0.1, -0.05) is 6.07 Å². The molecule has 0 spiro atoms. The second kappa shape index (κ2) is 6.39. The van der Waals surface area contributed by atoms with Crippen LogP contribution < -0.4 is 5.32 Å². The number of hydrogen-bond donors (Lipinski definition) is 1. The van der Waals surface area contributed by atoms with Gasteiger partial charge < -0.3 is 4.74 Å². The third kappa shape index (κ3) is 4.21. The molecule has 1 aliphatic carbocycles. The molecule has 0 amide bonds. The van der Waals surface area contributed by atoms with E-state index in [-0.39, 0.29) is 5.97 Å². The summed E-state index contributed by atoms with van der Waals surface area (Å²) in [7, 11) is 1.45. The van der Waals surface area contributed by atoms with Gasteiger partial charge in [-0.3, -0.25) is 10.1 Å². The van der Waals surface area contributed by atoms with Crippen LogP contribution in [0.3, 0.4) is 0 Å². The van der Waals surface area contributed by atoms with E-state index < -0.39 is 5.54 Å². The van der Waals surface area contributed by atoms with Gasteiger partial charge in [-0.2, -0.15) is 0 Å². The highest BCUT2D eigenvalue weighted by atomic mass is 32.2. The number of aromatic nitrogens is 1. The molecule has 2 rings (SSSR count). The number of nitrogens with one attached hydrogen (secondary N) is 1. The first-order chi connectivity index (χ1) is 9.14. The van der Waals surface area contributed by atoms with E-state index in [1.165, 1.54) is 7.11 Å². The first kappa shape index (κ1) is 14.3. The van der Waals surface area contributed by atoms with Crippen LogP contribution in [0.25, 0.3) is 0 Å². The van der Waals surface area contributed by atoms with E-state index >= 15 is 0 Å². The van der Waals surface area contributed by atoms with Crippen LogP contribution in [0.5, 0.6) is 0 Å². The van der Waals surface area contributed by atoms with Crippen molar-refractivity contribution >= 4 is 17.7 Å². The van der Waals surface area contributed by atoms with Gasteiger partial charge in [0, 0.05) is 18.0 Å². The fourth-order valence-corrected chi connectivity index (χ4v) is 2.96. The summed E-state index contributed by atoms with van der Waals surface area (Å²) in [5, 5.41) is 4.38. The molecule has 1 atom stereocenters. The molecule has 1 fully saturated rings. The molecule has 1 aromatic rings. The summed E-state index contributed by atoms with van der Waals surface area (Å²) in [5.74, 6) is 0.656. The Balaban J connectivity index is 1.87.